The summed E-state index contributed by atoms with van der Waals surface area (Å²) in [5.41, 5.74) is 1.28. The molecule has 1 aromatic rings. The lowest BCUT2D eigenvalue weighted by molar-refractivity contribution is -0.0546. The normalized spacial score (nSPS) is 24.8. The van der Waals surface area contributed by atoms with Gasteiger partial charge in [0.2, 0.25) is 0 Å². The summed E-state index contributed by atoms with van der Waals surface area (Å²) in [6, 6.07) is 2.53. The Labute approximate surface area is 116 Å². The Morgan fingerprint density at radius 2 is 2.26 bits per heavy atom. The third kappa shape index (κ3) is 4.06. The molecule has 1 aliphatic rings. The van der Waals surface area contributed by atoms with Crippen LogP contribution in [-0.2, 0) is 17.8 Å². The van der Waals surface area contributed by atoms with E-state index in [0.717, 1.165) is 45.0 Å². The Kier molecular flexibility index (Phi) is 5.43. The number of morpholine rings is 1. The molecule has 0 aliphatic carbocycles. The lowest BCUT2D eigenvalue weighted by atomic mass is 10.1. The van der Waals surface area contributed by atoms with Crippen molar-refractivity contribution in [2.24, 2.45) is 0 Å². The molecular weight excluding hydrogens is 240 g/mol. The Morgan fingerprint density at radius 1 is 1.42 bits per heavy atom. The lowest BCUT2D eigenvalue weighted by Gasteiger charge is -2.36. The number of furan rings is 1. The van der Waals surface area contributed by atoms with E-state index in [9.17, 15) is 0 Å². The highest BCUT2D eigenvalue weighted by Crippen LogP contribution is 2.18. The molecule has 0 spiro atoms. The molecule has 1 saturated heterocycles. The Balaban J connectivity index is 1.92. The second kappa shape index (κ2) is 7.08. The molecule has 1 N–H and O–H groups in total. The van der Waals surface area contributed by atoms with Gasteiger partial charge < -0.3 is 14.5 Å². The molecule has 0 bridgehead atoms. The topological polar surface area (TPSA) is 37.6 Å². The van der Waals surface area contributed by atoms with Crippen LogP contribution in [0.2, 0.25) is 0 Å². The summed E-state index contributed by atoms with van der Waals surface area (Å²) in [6.45, 7) is 11.1. The molecule has 2 atom stereocenters. The van der Waals surface area contributed by atoms with Gasteiger partial charge in [0.25, 0.3) is 0 Å². The standard InChI is InChI=1S/C15H26N2O2/c1-4-6-16-8-14-5-7-18-15(14)10-17-9-13(3)19-11-12(17)2/h5,7,12-13,16H,4,6,8-11H2,1-3H3. The van der Waals surface area contributed by atoms with E-state index in [0.29, 0.717) is 12.1 Å². The van der Waals surface area contributed by atoms with Crippen molar-refractivity contribution in [2.75, 3.05) is 19.7 Å². The van der Waals surface area contributed by atoms with Crippen LogP contribution in [0.15, 0.2) is 16.7 Å². The highest BCUT2D eigenvalue weighted by Gasteiger charge is 2.24. The number of ether oxygens (including phenoxy) is 1. The maximum Gasteiger partial charge on any atom is 0.122 e. The van der Waals surface area contributed by atoms with Crippen molar-refractivity contribution in [3.63, 3.8) is 0 Å². The molecule has 4 nitrogen and oxygen atoms in total. The van der Waals surface area contributed by atoms with E-state index >= 15 is 0 Å². The molecule has 1 aliphatic heterocycles. The quantitative estimate of drug-likeness (QED) is 0.802. The summed E-state index contributed by atoms with van der Waals surface area (Å²) in [5.74, 6) is 1.09. The zero-order valence-corrected chi connectivity index (χ0v) is 12.3. The number of nitrogens with one attached hydrogen (secondary N) is 1. The Morgan fingerprint density at radius 3 is 3.05 bits per heavy atom. The smallest absolute Gasteiger partial charge is 0.122 e. The van der Waals surface area contributed by atoms with Crippen molar-refractivity contribution in [3.05, 3.63) is 23.7 Å². The fourth-order valence-corrected chi connectivity index (χ4v) is 2.44. The van der Waals surface area contributed by atoms with E-state index in [1.54, 1.807) is 6.26 Å². The summed E-state index contributed by atoms with van der Waals surface area (Å²) >= 11 is 0. The molecule has 1 aromatic heterocycles. The van der Waals surface area contributed by atoms with Crippen LogP contribution in [0.5, 0.6) is 0 Å². The van der Waals surface area contributed by atoms with Gasteiger partial charge in [-0.25, -0.2) is 0 Å². The summed E-state index contributed by atoms with van der Waals surface area (Å²) in [4.78, 5) is 2.44. The summed E-state index contributed by atoms with van der Waals surface area (Å²) in [6.07, 6.45) is 3.27. The molecule has 1 fully saturated rings. The van der Waals surface area contributed by atoms with Crippen LogP contribution < -0.4 is 5.32 Å². The van der Waals surface area contributed by atoms with Crippen LogP contribution in [0.3, 0.4) is 0 Å². The summed E-state index contributed by atoms with van der Waals surface area (Å²) < 4.78 is 11.3. The minimum Gasteiger partial charge on any atom is -0.468 e. The molecule has 19 heavy (non-hydrogen) atoms. The summed E-state index contributed by atoms with van der Waals surface area (Å²) in [5, 5.41) is 3.43. The Hall–Kier alpha value is -0.840. The van der Waals surface area contributed by atoms with Gasteiger partial charge in [0.1, 0.15) is 5.76 Å². The van der Waals surface area contributed by atoms with Crippen molar-refractivity contribution in [2.45, 2.75) is 52.4 Å². The first-order chi connectivity index (χ1) is 9.20. The van der Waals surface area contributed by atoms with Crippen molar-refractivity contribution in [1.82, 2.24) is 10.2 Å². The highest BCUT2D eigenvalue weighted by atomic mass is 16.5. The molecule has 0 amide bonds. The first-order valence-corrected chi connectivity index (χ1v) is 7.32. The van der Waals surface area contributed by atoms with Gasteiger partial charge >= 0.3 is 0 Å². The molecule has 2 unspecified atom stereocenters. The van der Waals surface area contributed by atoms with E-state index in [1.807, 2.05) is 0 Å². The van der Waals surface area contributed by atoms with Gasteiger partial charge in [0.05, 0.1) is 25.5 Å². The lowest BCUT2D eigenvalue weighted by Crippen LogP contribution is -2.46. The average Bonchev–Trinajstić information content (AvgIpc) is 2.82. The van der Waals surface area contributed by atoms with E-state index in [2.05, 4.69) is 37.1 Å². The first kappa shape index (κ1) is 14.6. The van der Waals surface area contributed by atoms with Gasteiger partial charge in [0.15, 0.2) is 0 Å². The molecule has 4 heteroatoms. The van der Waals surface area contributed by atoms with Crippen molar-refractivity contribution < 1.29 is 9.15 Å². The first-order valence-electron chi connectivity index (χ1n) is 7.32. The number of nitrogens with zero attached hydrogens (tertiary/aromatic N) is 1. The molecule has 0 radical (unpaired) electrons. The van der Waals surface area contributed by atoms with Crippen LogP contribution in [-0.4, -0.2) is 36.7 Å². The van der Waals surface area contributed by atoms with Crippen LogP contribution in [0.4, 0.5) is 0 Å². The summed E-state index contributed by atoms with van der Waals surface area (Å²) in [7, 11) is 0. The third-order valence-electron chi connectivity index (χ3n) is 3.66. The zero-order valence-electron chi connectivity index (χ0n) is 12.3. The highest BCUT2D eigenvalue weighted by molar-refractivity contribution is 5.17. The monoisotopic (exact) mass is 266 g/mol. The molecule has 2 heterocycles. The average molecular weight is 266 g/mol. The van der Waals surface area contributed by atoms with Crippen LogP contribution >= 0.6 is 0 Å². The van der Waals surface area contributed by atoms with E-state index < -0.39 is 0 Å². The minimum atomic E-state index is 0.313. The molecular formula is C15H26N2O2. The van der Waals surface area contributed by atoms with E-state index in [-0.39, 0.29) is 0 Å². The van der Waals surface area contributed by atoms with Crippen LogP contribution in [0, 0.1) is 0 Å². The SMILES string of the molecule is CCCNCc1ccoc1CN1CC(C)OCC1C. The second-order valence-electron chi connectivity index (χ2n) is 5.47. The number of rotatable bonds is 6. The van der Waals surface area contributed by atoms with Crippen molar-refractivity contribution >= 4 is 0 Å². The van der Waals surface area contributed by atoms with Crippen LogP contribution in [0.1, 0.15) is 38.5 Å². The van der Waals surface area contributed by atoms with E-state index in [4.69, 9.17) is 9.15 Å². The molecule has 0 saturated carbocycles. The fraction of sp³-hybridized carbons (Fsp3) is 0.733. The minimum absolute atomic E-state index is 0.313. The number of hydrogen-bond donors (Lipinski definition) is 1. The second-order valence-corrected chi connectivity index (χ2v) is 5.47. The van der Waals surface area contributed by atoms with Gasteiger partial charge in [-0.15, -0.1) is 0 Å². The van der Waals surface area contributed by atoms with Gasteiger partial charge in [-0.2, -0.15) is 0 Å². The predicted octanol–water partition coefficient (Wildman–Crippen LogP) is 2.39. The Bertz CT molecular complexity index is 378. The van der Waals surface area contributed by atoms with Gasteiger partial charge in [-0.05, 0) is 32.9 Å². The molecule has 0 aromatic carbocycles. The van der Waals surface area contributed by atoms with Crippen molar-refractivity contribution in [3.8, 4) is 0 Å². The van der Waals surface area contributed by atoms with Crippen LogP contribution in [0.25, 0.3) is 0 Å². The molecule has 108 valence electrons. The van der Waals surface area contributed by atoms with Gasteiger partial charge in [-0.3, -0.25) is 4.90 Å². The zero-order chi connectivity index (χ0) is 13.7. The van der Waals surface area contributed by atoms with Gasteiger partial charge in [0, 0.05) is 24.7 Å². The number of hydrogen-bond acceptors (Lipinski definition) is 4. The maximum atomic E-state index is 5.66. The maximum absolute atomic E-state index is 5.66. The van der Waals surface area contributed by atoms with E-state index in [1.165, 1.54) is 5.56 Å². The van der Waals surface area contributed by atoms with Crippen molar-refractivity contribution in [1.29, 1.82) is 0 Å². The largest absolute Gasteiger partial charge is 0.468 e. The molecule has 2 rings (SSSR count). The third-order valence-corrected chi connectivity index (χ3v) is 3.66. The fourth-order valence-electron chi connectivity index (χ4n) is 2.44. The predicted molar refractivity (Wildman–Crippen MR) is 76.0 cm³/mol. The van der Waals surface area contributed by atoms with Gasteiger partial charge in [-0.1, -0.05) is 6.92 Å².